The minimum atomic E-state index is 0.0544. The van der Waals surface area contributed by atoms with E-state index in [1.165, 1.54) is 0 Å². The molecule has 2 N–H and O–H groups in total. The fourth-order valence-corrected chi connectivity index (χ4v) is 2.09. The molecule has 0 aromatic carbocycles. The first-order valence-electron chi connectivity index (χ1n) is 5.62. The predicted molar refractivity (Wildman–Crippen MR) is 60.9 cm³/mol. The normalized spacial score (nSPS) is 25.8. The first-order chi connectivity index (χ1) is 7.59. The van der Waals surface area contributed by atoms with E-state index in [2.05, 4.69) is 12.0 Å². The molecule has 5 nitrogen and oxygen atoms in total. The highest BCUT2D eigenvalue weighted by Gasteiger charge is 2.27. The van der Waals surface area contributed by atoms with Crippen LogP contribution >= 0.6 is 0 Å². The topological polar surface area (TPSA) is 64.2 Å². The molecule has 0 bridgehead atoms. The highest BCUT2D eigenvalue weighted by molar-refractivity contribution is 5.92. The SMILES string of the molecule is CC1CN(C(=O)c2ccnn2C)CCC1N. The van der Waals surface area contributed by atoms with Crippen LogP contribution in [0.2, 0.25) is 0 Å². The summed E-state index contributed by atoms with van der Waals surface area (Å²) >= 11 is 0. The lowest BCUT2D eigenvalue weighted by Gasteiger charge is -2.34. The van der Waals surface area contributed by atoms with Crippen LogP contribution in [-0.4, -0.2) is 39.7 Å². The summed E-state index contributed by atoms with van der Waals surface area (Å²) in [5.74, 6) is 0.421. The van der Waals surface area contributed by atoms with Crippen LogP contribution in [0.4, 0.5) is 0 Å². The van der Waals surface area contributed by atoms with Crippen molar-refractivity contribution in [3.63, 3.8) is 0 Å². The van der Waals surface area contributed by atoms with Crippen molar-refractivity contribution >= 4 is 5.91 Å². The Hall–Kier alpha value is -1.36. The Labute approximate surface area is 95.2 Å². The number of carbonyl (C=O) groups is 1. The fourth-order valence-electron chi connectivity index (χ4n) is 2.09. The van der Waals surface area contributed by atoms with Crippen LogP contribution in [-0.2, 0) is 7.05 Å². The molecule has 0 radical (unpaired) electrons. The molecule has 1 aliphatic heterocycles. The number of amides is 1. The molecular weight excluding hydrogens is 204 g/mol. The summed E-state index contributed by atoms with van der Waals surface area (Å²) < 4.78 is 1.61. The van der Waals surface area contributed by atoms with Crippen LogP contribution in [0.25, 0.3) is 0 Å². The van der Waals surface area contributed by atoms with Crippen LogP contribution in [0.1, 0.15) is 23.8 Å². The number of nitrogens with two attached hydrogens (primary N) is 1. The molecule has 1 aliphatic rings. The van der Waals surface area contributed by atoms with E-state index >= 15 is 0 Å². The molecule has 2 heterocycles. The van der Waals surface area contributed by atoms with E-state index in [-0.39, 0.29) is 11.9 Å². The average Bonchev–Trinajstić information content (AvgIpc) is 2.67. The van der Waals surface area contributed by atoms with Gasteiger partial charge in [-0.15, -0.1) is 0 Å². The molecule has 1 aromatic heterocycles. The van der Waals surface area contributed by atoms with Crippen LogP contribution in [0, 0.1) is 5.92 Å². The van der Waals surface area contributed by atoms with Crippen molar-refractivity contribution in [2.75, 3.05) is 13.1 Å². The Morgan fingerprint density at radius 2 is 2.38 bits per heavy atom. The predicted octanol–water partition coefficient (Wildman–Crippen LogP) is 0.229. The molecule has 1 amide bonds. The number of hydrogen-bond donors (Lipinski definition) is 1. The van der Waals surface area contributed by atoms with Crippen molar-refractivity contribution in [2.24, 2.45) is 18.7 Å². The minimum absolute atomic E-state index is 0.0544. The van der Waals surface area contributed by atoms with Gasteiger partial charge in [0.15, 0.2) is 0 Å². The smallest absolute Gasteiger partial charge is 0.272 e. The Morgan fingerprint density at radius 1 is 1.62 bits per heavy atom. The van der Waals surface area contributed by atoms with Gasteiger partial charge < -0.3 is 10.6 Å². The zero-order valence-electron chi connectivity index (χ0n) is 9.76. The maximum atomic E-state index is 12.2. The van der Waals surface area contributed by atoms with Crippen molar-refractivity contribution in [3.8, 4) is 0 Å². The van der Waals surface area contributed by atoms with E-state index in [0.29, 0.717) is 11.6 Å². The molecule has 0 saturated carbocycles. The Morgan fingerprint density at radius 3 is 2.94 bits per heavy atom. The molecular formula is C11H18N4O. The van der Waals surface area contributed by atoms with Crippen molar-refractivity contribution in [3.05, 3.63) is 18.0 Å². The molecule has 5 heteroatoms. The number of piperidine rings is 1. The van der Waals surface area contributed by atoms with Gasteiger partial charge in [-0.05, 0) is 18.4 Å². The second-order valence-corrected chi connectivity index (χ2v) is 4.52. The monoisotopic (exact) mass is 222 g/mol. The van der Waals surface area contributed by atoms with Gasteiger partial charge in [-0.3, -0.25) is 9.48 Å². The first-order valence-corrected chi connectivity index (χ1v) is 5.62. The summed E-state index contributed by atoms with van der Waals surface area (Å²) in [5, 5.41) is 4.01. The molecule has 16 heavy (non-hydrogen) atoms. The maximum Gasteiger partial charge on any atom is 0.272 e. The van der Waals surface area contributed by atoms with Gasteiger partial charge in [0.25, 0.3) is 5.91 Å². The van der Waals surface area contributed by atoms with Gasteiger partial charge in [-0.1, -0.05) is 6.92 Å². The van der Waals surface area contributed by atoms with Crippen LogP contribution < -0.4 is 5.73 Å². The molecule has 2 rings (SSSR count). The molecule has 0 aliphatic carbocycles. The van der Waals surface area contributed by atoms with E-state index in [1.54, 1.807) is 24.0 Å². The average molecular weight is 222 g/mol. The highest BCUT2D eigenvalue weighted by atomic mass is 16.2. The minimum Gasteiger partial charge on any atom is -0.337 e. The third-order valence-electron chi connectivity index (χ3n) is 3.30. The third-order valence-corrected chi connectivity index (χ3v) is 3.30. The Balaban J connectivity index is 2.09. The van der Waals surface area contributed by atoms with Crippen molar-refractivity contribution in [1.82, 2.24) is 14.7 Å². The number of carbonyl (C=O) groups excluding carboxylic acids is 1. The van der Waals surface area contributed by atoms with Gasteiger partial charge in [0.05, 0.1) is 0 Å². The van der Waals surface area contributed by atoms with E-state index in [1.807, 2.05) is 4.90 Å². The van der Waals surface area contributed by atoms with Gasteiger partial charge in [0.1, 0.15) is 5.69 Å². The van der Waals surface area contributed by atoms with Gasteiger partial charge in [0.2, 0.25) is 0 Å². The van der Waals surface area contributed by atoms with Crippen LogP contribution in [0.15, 0.2) is 12.3 Å². The lowest BCUT2D eigenvalue weighted by atomic mass is 9.94. The summed E-state index contributed by atoms with van der Waals surface area (Å²) in [6.07, 6.45) is 2.52. The molecule has 0 spiro atoms. The quantitative estimate of drug-likeness (QED) is 0.739. The van der Waals surface area contributed by atoms with Crippen molar-refractivity contribution < 1.29 is 4.79 Å². The summed E-state index contributed by atoms with van der Waals surface area (Å²) in [4.78, 5) is 14.0. The van der Waals surface area contributed by atoms with Gasteiger partial charge in [-0.25, -0.2) is 0 Å². The Bertz CT molecular complexity index is 387. The summed E-state index contributed by atoms with van der Waals surface area (Å²) in [7, 11) is 1.78. The summed E-state index contributed by atoms with van der Waals surface area (Å²) in [5.41, 5.74) is 6.58. The number of hydrogen-bond acceptors (Lipinski definition) is 3. The summed E-state index contributed by atoms with van der Waals surface area (Å²) in [6, 6.07) is 1.97. The van der Waals surface area contributed by atoms with E-state index in [0.717, 1.165) is 19.5 Å². The molecule has 1 saturated heterocycles. The maximum absolute atomic E-state index is 12.2. The molecule has 1 fully saturated rings. The zero-order chi connectivity index (χ0) is 11.7. The standard InChI is InChI=1S/C11H18N4O/c1-8-7-15(6-4-9(8)12)11(16)10-3-5-13-14(10)2/h3,5,8-9H,4,6-7,12H2,1-2H3. The van der Waals surface area contributed by atoms with Gasteiger partial charge >= 0.3 is 0 Å². The fraction of sp³-hybridized carbons (Fsp3) is 0.636. The zero-order valence-corrected chi connectivity index (χ0v) is 9.76. The lowest BCUT2D eigenvalue weighted by molar-refractivity contribution is 0.0653. The van der Waals surface area contributed by atoms with E-state index in [4.69, 9.17) is 5.73 Å². The van der Waals surface area contributed by atoms with Gasteiger partial charge in [0, 0.05) is 32.4 Å². The van der Waals surface area contributed by atoms with Crippen LogP contribution in [0.5, 0.6) is 0 Å². The molecule has 2 unspecified atom stereocenters. The van der Waals surface area contributed by atoms with E-state index < -0.39 is 0 Å². The second-order valence-electron chi connectivity index (χ2n) is 4.52. The number of nitrogens with zero attached hydrogens (tertiary/aromatic N) is 3. The summed E-state index contributed by atoms with van der Waals surface area (Å²) in [6.45, 7) is 3.58. The molecule has 2 atom stereocenters. The largest absolute Gasteiger partial charge is 0.337 e. The Kier molecular flexibility index (Phi) is 2.96. The first kappa shape index (κ1) is 11.1. The molecule has 1 aromatic rings. The lowest BCUT2D eigenvalue weighted by Crippen LogP contribution is -2.48. The third kappa shape index (κ3) is 1.95. The highest BCUT2D eigenvalue weighted by Crippen LogP contribution is 2.16. The van der Waals surface area contributed by atoms with Crippen LogP contribution in [0.3, 0.4) is 0 Å². The van der Waals surface area contributed by atoms with Gasteiger partial charge in [-0.2, -0.15) is 5.10 Å². The number of rotatable bonds is 1. The number of aryl methyl sites for hydroxylation is 1. The second kappa shape index (κ2) is 4.25. The van der Waals surface area contributed by atoms with E-state index in [9.17, 15) is 4.79 Å². The number of aromatic nitrogens is 2. The molecule has 88 valence electrons. The van der Waals surface area contributed by atoms with Crippen molar-refractivity contribution in [1.29, 1.82) is 0 Å². The number of likely N-dealkylation sites (tertiary alicyclic amines) is 1. The van der Waals surface area contributed by atoms with Crippen molar-refractivity contribution in [2.45, 2.75) is 19.4 Å².